The van der Waals surface area contributed by atoms with Gasteiger partial charge in [-0.2, -0.15) is 0 Å². The number of carbonyl (C=O) groups is 1. The normalized spacial score (nSPS) is 19.1. The zero-order valence-electron chi connectivity index (χ0n) is 18.6. The Labute approximate surface area is 193 Å². The fourth-order valence-corrected chi connectivity index (χ4v) is 5.17. The number of benzene rings is 2. The van der Waals surface area contributed by atoms with E-state index in [4.69, 9.17) is 5.73 Å². The molecule has 3 atom stereocenters. The molecule has 1 fully saturated rings. The Balaban J connectivity index is 1.41. The summed E-state index contributed by atoms with van der Waals surface area (Å²) in [5.74, 6) is -0.116. The number of nitrogen functional groups attached to an aromatic ring is 1. The van der Waals surface area contributed by atoms with Crippen LogP contribution in [0.15, 0.2) is 54.6 Å². The van der Waals surface area contributed by atoms with Crippen molar-refractivity contribution in [3.05, 3.63) is 76.2 Å². The summed E-state index contributed by atoms with van der Waals surface area (Å²) in [5.41, 5.74) is 10.2. The molecule has 6 heteroatoms. The SMILES string of the molecule is Cc1ccc(N)cc1C(=O)N[C@H](C)c1cccc(-c2ccc(CN[C@H]3CC[C@@H](O)C3)s2)c1. The van der Waals surface area contributed by atoms with Crippen molar-refractivity contribution in [2.45, 2.75) is 57.8 Å². The van der Waals surface area contributed by atoms with Gasteiger partial charge in [0.15, 0.2) is 0 Å². The van der Waals surface area contributed by atoms with Crippen LogP contribution in [0.1, 0.15) is 58.6 Å². The Morgan fingerprint density at radius 2 is 2.03 bits per heavy atom. The van der Waals surface area contributed by atoms with E-state index in [2.05, 4.69) is 34.9 Å². The smallest absolute Gasteiger partial charge is 0.252 e. The van der Waals surface area contributed by atoms with Crippen molar-refractivity contribution < 1.29 is 9.90 Å². The van der Waals surface area contributed by atoms with Gasteiger partial charge in [-0.1, -0.05) is 24.3 Å². The number of hydrogen-bond acceptors (Lipinski definition) is 5. The summed E-state index contributed by atoms with van der Waals surface area (Å²) in [4.78, 5) is 15.3. The van der Waals surface area contributed by atoms with Gasteiger partial charge >= 0.3 is 0 Å². The minimum absolute atomic E-state index is 0.116. The molecule has 5 N–H and O–H groups in total. The third-order valence-electron chi connectivity index (χ3n) is 6.16. The van der Waals surface area contributed by atoms with Gasteiger partial charge in [0.05, 0.1) is 12.1 Å². The quantitative estimate of drug-likeness (QED) is 0.390. The molecule has 0 saturated heterocycles. The van der Waals surface area contributed by atoms with Crippen LogP contribution in [-0.4, -0.2) is 23.2 Å². The number of carbonyl (C=O) groups excluding carboxylic acids is 1. The van der Waals surface area contributed by atoms with Crippen molar-refractivity contribution in [3.63, 3.8) is 0 Å². The van der Waals surface area contributed by atoms with Gasteiger partial charge in [-0.15, -0.1) is 11.3 Å². The van der Waals surface area contributed by atoms with E-state index < -0.39 is 0 Å². The number of rotatable bonds is 7. The maximum Gasteiger partial charge on any atom is 0.252 e. The second kappa shape index (κ2) is 9.86. The van der Waals surface area contributed by atoms with Crippen molar-refractivity contribution >= 4 is 22.9 Å². The predicted octanol–water partition coefficient (Wildman–Crippen LogP) is 4.80. The van der Waals surface area contributed by atoms with E-state index in [9.17, 15) is 9.90 Å². The summed E-state index contributed by atoms with van der Waals surface area (Å²) < 4.78 is 0. The van der Waals surface area contributed by atoms with Gasteiger partial charge in [0.1, 0.15) is 0 Å². The molecule has 3 aromatic rings. The van der Waals surface area contributed by atoms with Crippen LogP contribution in [0.3, 0.4) is 0 Å². The molecular weight excluding hydrogens is 418 g/mol. The fraction of sp³-hybridized carbons (Fsp3) is 0.346. The first-order chi connectivity index (χ1) is 15.4. The first-order valence-corrected chi connectivity index (χ1v) is 12.0. The van der Waals surface area contributed by atoms with Gasteiger partial charge in [0, 0.05) is 33.6 Å². The molecule has 0 aliphatic heterocycles. The van der Waals surface area contributed by atoms with Crippen LogP contribution >= 0.6 is 11.3 Å². The molecule has 0 unspecified atom stereocenters. The lowest BCUT2D eigenvalue weighted by Crippen LogP contribution is -2.27. The second-order valence-electron chi connectivity index (χ2n) is 8.71. The molecule has 1 aliphatic carbocycles. The highest BCUT2D eigenvalue weighted by atomic mass is 32.1. The number of nitrogens with two attached hydrogens (primary N) is 1. The molecule has 1 amide bonds. The zero-order valence-corrected chi connectivity index (χ0v) is 19.4. The Morgan fingerprint density at radius 3 is 2.81 bits per heavy atom. The number of hydrogen-bond donors (Lipinski definition) is 4. The molecule has 1 heterocycles. The second-order valence-corrected chi connectivity index (χ2v) is 9.87. The highest BCUT2D eigenvalue weighted by Crippen LogP contribution is 2.30. The Hall–Kier alpha value is -2.67. The van der Waals surface area contributed by atoms with E-state index in [1.165, 1.54) is 9.75 Å². The third-order valence-corrected chi connectivity index (χ3v) is 7.29. The summed E-state index contributed by atoms with van der Waals surface area (Å²) in [5, 5.41) is 16.4. The van der Waals surface area contributed by atoms with Crippen LogP contribution in [0.4, 0.5) is 5.69 Å². The van der Waals surface area contributed by atoms with Crippen LogP contribution in [0.25, 0.3) is 10.4 Å². The van der Waals surface area contributed by atoms with Crippen molar-refractivity contribution in [2.24, 2.45) is 0 Å². The first kappa shape index (κ1) is 22.5. The molecule has 1 aromatic heterocycles. The fourth-order valence-electron chi connectivity index (χ4n) is 4.22. The van der Waals surface area contributed by atoms with E-state index in [1.54, 1.807) is 23.5 Å². The summed E-state index contributed by atoms with van der Waals surface area (Å²) in [6.45, 7) is 4.74. The lowest BCUT2D eigenvalue weighted by molar-refractivity contribution is 0.0939. The molecule has 2 aromatic carbocycles. The van der Waals surface area contributed by atoms with Gasteiger partial charge in [0.2, 0.25) is 0 Å². The van der Waals surface area contributed by atoms with Gasteiger partial charge in [-0.3, -0.25) is 4.79 Å². The van der Waals surface area contributed by atoms with Crippen molar-refractivity contribution in [3.8, 4) is 10.4 Å². The van der Waals surface area contributed by atoms with Crippen molar-refractivity contribution in [1.82, 2.24) is 10.6 Å². The van der Waals surface area contributed by atoms with Crippen LogP contribution < -0.4 is 16.4 Å². The summed E-state index contributed by atoms with van der Waals surface area (Å²) >= 11 is 1.78. The number of aryl methyl sites for hydroxylation is 1. The minimum Gasteiger partial charge on any atom is -0.399 e. The van der Waals surface area contributed by atoms with Gasteiger partial charge in [-0.25, -0.2) is 0 Å². The van der Waals surface area contributed by atoms with Crippen LogP contribution in [0, 0.1) is 6.92 Å². The van der Waals surface area contributed by atoms with Crippen LogP contribution in [-0.2, 0) is 6.54 Å². The maximum absolute atomic E-state index is 12.8. The number of nitrogens with one attached hydrogen (secondary N) is 2. The predicted molar refractivity (Wildman–Crippen MR) is 132 cm³/mol. The summed E-state index contributed by atoms with van der Waals surface area (Å²) in [6, 6.07) is 18.3. The Bertz CT molecular complexity index is 1090. The van der Waals surface area contributed by atoms with Crippen LogP contribution in [0.5, 0.6) is 0 Å². The highest BCUT2D eigenvalue weighted by molar-refractivity contribution is 7.15. The van der Waals surface area contributed by atoms with E-state index in [1.807, 2.05) is 32.0 Å². The van der Waals surface area contributed by atoms with E-state index in [0.29, 0.717) is 17.3 Å². The Morgan fingerprint density at radius 1 is 1.19 bits per heavy atom. The first-order valence-electron chi connectivity index (χ1n) is 11.2. The van der Waals surface area contributed by atoms with Gasteiger partial charge in [0.25, 0.3) is 5.91 Å². The standard InChI is InChI=1S/C26H31N3O2S/c1-16-6-7-20(27)13-24(16)26(31)29-17(2)18-4-3-5-19(12-18)25-11-10-23(32-25)15-28-21-8-9-22(30)14-21/h3-7,10-13,17,21-22,28,30H,8-9,14-15,27H2,1-2H3,(H,29,31)/t17-,21+,22-/m1/s1. The molecule has 0 radical (unpaired) electrons. The molecule has 4 rings (SSSR count). The summed E-state index contributed by atoms with van der Waals surface area (Å²) in [7, 11) is 0. The monoisotopic (exact) mass is 449 g/mol. The lowest BCUT2D eigenvalue weighted by Gasteiger charge is -2.16. The Kier molecular flexibility index (Phi) is 6.94. The van der Waals surface area contributed by atoms with E-state index in [0.717, 1.165) is 42.5 Å². The maximum atomic E-state index is 12.8. The number of aliphatic hydroxyl groups excluding tert-OH is 1. The van der Waals surface area contributed by atoms with Gasteiger partial charge in [-0.05, 0) is 80.1 Å². The van der Waals surface area contributed by atoms with Crippen molar-refractivity contribution in [2.75, 3.05) is 5.73 Å². The highest BCUT2D eigenvalue weighted by Gasteiger charge is 2.22. The largest absolute Gasteiger partial charge is 0.399 e. The number of aliphatic hydroxyl groups is 1. The van der Waals surface area contributed by atoms with E-state index in [-0.39, 0.29) is 18.1 Å². The van der Waals surface area contributed by atoms with E-state index >= 15 is 0 Å². The average molecular weight is 450 g/mol. The summed E-state index contributed by atoms with van der Waals surface area (Å²) in [6.07, 6.45) is 2.63. The van der Waals surface area contributed by atoms with Gasteiger partial charge < -0.3 is 21.5 Å². The molecule has 1 aliphatic rings. The number of anilines is 1. The number of thiophene rings is 1. The molecule has 0 spiro atoms. The van der Waals surface area contributed by atoms with Crippen LogP contribution in [0.2, 0.25) is 0 Å². The molecule has 5 nitrogen and oxygen atoms in total. The average Bonchev–Trinajstić information content (AvgIpc) is 3.43. The lowest BCUT2D eigenvalue weighted by atomic mass is 10.0. The zero-order chi connectivity index (χ0) is 22.7. The molecular formula is C26H31N3O2S. The topological polar surface area (TPSA) is 87.4 Å². The number of amides is 1. The molecule has 0 bridgehead atoms. The third kappa shape index (κ3) is 5.38. The molecule has 32 heavy (non-hydrogen) atoms. The molecule has 168 valence electrons. The molecule has 1 saturated carbocycles. The minimum atomic E-state index is -0.153. The van der Waals surface area contributed by atoms with Crippen molar-refractivity contribution in [1.29, 1.82) is 0 Å².